The number of carbonyl (C=O) groups excluding carboxylic acids is 1. The van der Waals surface area contributed by atoms with Crippen molar-refractivity contribution in [3.05, 3.63) is 38.9 Å². The predicted molar refractivity (Wildman–Crippen MR) is 80.6 cm³/mol. The molecule has 21 heavy (non-hydrogen) atoms. The maximum Gasteiger partial charge on any atom is 0.288 e. The second-order valence-electron chi connectivity index (χ2n) is 4.96. The van der Waals surface area contributed by atoms with Crippen molar-refractivity contribution in [1.29, 1.82) is 0 Å². The molecule has 2 rings (SSSR count). The van der Waals surface area contributed by atoms with Gasteiger partial charge in [-0.3, -0.25) is 14.9 Å². The summed E-state index contributed by atoms with van der Waals surface area (Å²) in [5.74, 6) is -0.0473. The van der Waals surface area contributed by atoms with E-state index in [2.05, 4.69) is 17.5 Å². The molecule has 1 amide bonds. The van der Waals surface area contributed by atoms with Crippen molar-refractivity contribution in [3.63, 3.8) is 0 Å². The third-order valence-corrected chi connectivity index (χ3v) is 3.98. The van der Waals surface area contributed by atoms with Crippen molar-refractivity contribution in [3.8, 4) is 0 Å². The zero-order chi connectivity index (χ0) is 15.4. The lowest BCUT2D eigenvalue weighted by Gasteiger charge is -2.07. The summed E-state index contributed by atoms with van der Waals surface area (Å²) in [7, 11) is 0. The van der Waals surface area contributed by atoms with Gasteiger partial charge in [0.2, 0.25) is 0 Å². The van der Waals surface area contributed by atoms with E-state index in [4.69, 9.17) is 11.6 Å². The van der Waals surface area contributed by atoms with Crippen molar-refractivity contribution in [2.75, 3.05) is 0 Å². The van der Waals surface area contributed by atoms with Gasteiger partial charge in [0.25, 0.3) is 11.6 Å². The molecule has 0 aromatic heterocycles. The minimum Gasteiger partial charge on any atom is -0.267 e. The molecule has 0 heterocycles. The summed E-state index contributed by atoms with van der Waals surface area (Å²) in [6.45, 7) is 2.09. The Kier molecular flexibility index (Phi) is 4.90. The first-order valence-electron chi connectivity index (χ1n) is 6.83. The highest BCUT2D eigenvalue weighted by atomic mass is 35.5. The number of nitro groups is 1. The highest BCUT2D eigenvalue weighted by molar-refractivity contribution is 6.32. The number of nitrogens with one attached hydrogen (secondary N) is 1. The number of nitrogens with zero attached hydrogens (tertiary/aromatic N) is 2. The van der Waals surface area contributed by atoms with Crippen LogP contribution in [-0.4, -0.2) is 16.5 Å². The Morgan fingerprint density at radius 1 is 1.57 bits per heavy atom. The van der Waals surface area contributed by atoms with Crippen LogP contribution in [0.15, 0.2) is 23.3 Å². The van der Waals surface area contributed by atoms with Gasteiger partial charge in [-0.15, -0.1) is 0 Å². The Labute approximate surface area is 127 Å². The van der Waals surface area contributed by atoms with Gasteiger partial charge in [0, 0.05) is 17.3 Å². The van der Waals surface area contributed by atoms with Gasteiger partial charge in [-0.1, -0.05) is 18.5 Å². The van der Waals surface area contributed by atoms with E-state index < -0.39 is 10.8 Å². The van der Waals surface area contributed by atoms with Gasteiger partial charge in [0.05, 0.1) is 4.92 Å². The number of hydrogen-bond acceptors (Lipinski definition) is 4. The molecule has 0 aliphatic heterocycles. The Balaban J connectivity index is 2.12. The number of benzene rings is 1. The van der Waals surface area contributed by atoms with Gasteiger partial charge in [0.15, 0.2) is 0 Å². The van der Waals surface area contributed by atoms with E-state index in [1.165, 1.54) is 12.1 Å². The lowest BCUT2D eigenvalue weighted by atomic mass is 10.0. The number of carbonyl (C=O) groups is 1. The summed E-state index contributed by atoms with van der Waals surface area (Å²) in [4.78, 5) is 22.2. The lowest BCUT2D eigenvalue weighted by Crippen LogP contribution is -2.21. The molecule has 0 radical (unpaired) electrons. The fourth-order valence-corrected chi connectivity index (χ4v) is 2.65. The number of hydrogen-bond donors (Lipinski definition) is 1. The van der Waals surface area contributed by atoms with E-state index in [9.17, 15) is 14.9 Å². The molecule has 1 aromatic rings. The Hall–Kier alpha value is -1.95. The molecule has 1 fully saturated rings. The molecule has 1 unspecified atom stereocenters. The summed E-state index contributed by atoms with van der Waals surface area (Å²) in [5, 5.41) is 15.0. The molecule has 1 N–H and O–H groups in total. The molecule has 112 valence electrons. The molecular weight excluding hydrogens is 294 g/mol. The standard InChI is InChI=1S/C14H16ClN3O3/c1-2-9-4-3-5-12(9)16-17-14(19)10-6-7-11(15)13(8-10)18(20)21/h6-9H,2-5H2,1H3,(H,17,19). The first kappa shape index (κ1) is 15.4. The third kappa shape index (κ3) is 3.58. The average Bonchev–Trinajstić information content (AvgIpc) is 2.92. The zero-order valence-electron chi connectivity index (χ0n) is 11.6. The summed E-state index contributed by atoms with van der Waals surface area (Å²) in [6, 6.07) is 3.94. The van der Waals surface area contributed by atoms with Crippen LogP contribution >= 0.6 is 11.6 Å². The Morgan fingerprint density at radius 3 is 3.00 bits per heavy atom. The van der Waals surface area contributed by atoms with Crippen LogP contribution in [0.25, 0.3) is 0 Å². The maximum absolute atomic E-state index is 12.0. The summed E-state index contributed by atoms with van der Waals surface area (Å²) in [6.07, 6.45) is 4.07. The minimum atomic E-state index is -0.616. The van der Waals surface area contributed by atoms with E-state index in [-0.39, 0.29) is 16.3 Å². The molecule has 0 spiro atoms. The SMILES string of the molecule is CCC1CCCC1=NNC(=O)c1ccc(Cl)c([N+](=O)[O-])c1. The molecular formula is C14H16ClN3O3. The molecule has 1 atom stereocenters. The topological polar surface area (TPSA) is 84.6 Å². The first-order valence-corrected chi connectivity index (χ1v) is 7.21. The monoisotopic (exact) mass is 309 g/mol. The van der Waals surface area contributed by atoms with E-state index in [0.717, 1.165) is 37.5 Å². The van der Waals surface area contributed by atoms with Crippen LogP contribution in [-0.2, 0) is 0 Å². The van der Waals surface area contributed by atoms with Crippen LogP contribution in [0.1, 0.15) is 43.0 Å². The quantitative estimate of drug-likeness (QED) is 0.682. The van der Waals surface area contributed by atoms with E-state index in [1.54, 1.807) is 0 Å². The smallest absolute Gasteiger partial charge is 0.267 e. The number of hydrazone groups is 1. The molecule has 1 aliphatic rings. The van der Waals surface area contributed by atoms with Crippen LogP contribution in [0, 0.1) is 16.0 Å². The van der Waals surface area contributed by atoms with Gasteiger partial charge in [-0.2, -0.15) is 5.10 Å². The molecule has 6 nitrogen and oxygen atoms in total. The van der Waals surface area contributed by atoms with Gasteiger partial charge in [-0.05, 0) is 43.7 Å². The summed E-state index contributed by atoms with van der Waals surface area (Å²) in [5.41, 5.74) is 3.35. The second-order valence-corrected chi connectivity index (χ2v) is 5.37. The van der Waals surface area contributed by atoms with Crippen molar-refractivity contribution in [2.24, 2.45) is 11.0 Å². The fourth-order valence-electron chi connectivity index (χ4n) is 2.47. The zero-order valence-corrected chi connectivity index (χ0v) is 12.4. The van der Waals surface area contributed by atoms with Gasteiger partial charge in [0.1, 0.15) is 5.02 Å². The van der Waals surface area contributed by atoms with Gasteiger partial charge >= 0.3 is 0 Å². The van der Waals surface area contributed by atoms with E-state index >= 15 is 0 Å². The van der Waals surface area contributed by atoms with Crippen molar-refractivity contribution >= 4 is 28.9 Å². The average molecular weight is 310 g/mol. The van der Waals surface area contributed by atoms with Crippen molar-refractivity contribution in [2.45, 2.75) is 32.6 Å². The Morgan fingerprint density at radius 2 is 2.33 bits per heavy atom. The largest absolute Gasteiger partial charge is 0.288 e. The molecule has 1 aromatic carbocycles. The third-order valence-electron chi connectivity index (χ3n) is 3.66. The molecule has 0 bridgehead atoms. The fraction of sp³-hybridized carbons (Fsp3) is 0.429. The number of nitro benzene ring substituents is 1. The number of rotatable bonds is 4. The maximum atomic E-state index is 12.0. The number of halogens is 1. The van der Waals surface area contributed by atoms with Crippen LogP contribution < -0.4 is 5.43 Å². The molecule has 0 saturated heterocycles. The van der Waals surface area contributed by atoms with Crippen LogP contribution in [0.4, 0.5) is 5.69 Å². The summed E-state index contributed by atoms with van der Waals surface area (Å²) >= 11 is 5.71. The van der Waals surface area contributed by atoms with Gasteiger partial charge in [-0.25, -0.2) is 5.43 Å². The highest BCUT2D eigenvalue weighted by Gasteiger charge is 2.21. The highest BCUT2D eigenvalue weighted by Crippen LogP contribution is 2.26. The summed E-state index contributed by atoms with van der Waals surface area (Å²) < 4.78 is 0. The van der Waals surface area contributed by atoms with Gasteiger partial charge < -0.3 is 0 Å². The van der Waals surface area contributed by atoms with Crippen LogP contribution in [0.2, 0.25) is 5.02 Å². The molecule has 1 aliphatic carbocycles. The lowest BCUT2D eigenvalue weighted by molar-refractivity contribution is -0.384. The second kappa shape index (κ2) is 6.67. The van der Waals surface area contributed by atoms with Crippen molar-refractivity contribution in [1.82, 2.24) is 5.43 Å². The van der Waals surface area contributed by atoms with E-state index in [0.29, 0.717) is 5.92 Å². The minimum absolute atomic E-state index is 0.00436. The first-order chi connectivity index (χ1) is 10.0. The van der Waals surface area contributed by atoms with Crippen molar-refractivity contribution < 1.29 is 9.72 Å². The number of amides is 1. The Bertz CT molecular complexity index is 601. The van der Waals surface area contributed by atoms with Crippen LogP contribution in [0.5, 0.6) is 0 Å². The van der Waals surface area contributed by atoms with E-state index in [1.807, 2.05) is 0 Å². The van der Waals surface area contributed by atoms with Crippen LogP contribution in [0.3, 0.4) is 0 Å². The molecule has 7 heteroatoms. The predicted octanol–water partition coefficient (Wildman–Crippen LogP) is 3.54. The normalized spacial score (nSPS) is 19.7. The molecule has 1 saturated carbocycles.